The second kappa shape index (κ2) is 11.5. The van der Waals surface area contributed by atoms with Gasteiger partial charge >= 0.3 is 0 Å². The minimum atomic E-state index is -0.574. The molecule has 0 aliphatic heterocycles. The van der Waals surface area contributed by atoms with Gasteiger partial charge in [0.25, 0.3) is 11.8 Å². The number of hydrogen-bond donors (Lipinski definition) is 2. The first-order chi connectivity index (χ1) is 16.3. The zero-order valence-electron chi connectivity index (χ0n) is 18.5. The molecule has 2 N–H and O–H groups in total. The van der Waals surface area contributed by atoms with Crippen LogP contribution < -0.4 is 15.4 Å². The van der Waals surface area contributed by atoms with Crippen LogP contribution in [-0.4, -0.2) is 18.4 Å². The predicted octanol–water partition coefficient (Wildman–Crippen LogP) is 6.28. The standard InChI is InChI=1S/C26H21BrClN3O3/c1-16-7-8-17(2)23(11-16)30-25(32)15-34-24-10-9-18(13-20(24)27)12-19(14-29)26(33)31-22-6-4-3-5-21(22)28/h3-13H,15H2,1-2H3,(H,30,32)(H,31,33)/b19-12+. The number of nitriles is 1. The van der Waals surface area contributed by atoms with Crippen molar-refractivity contribution in [2.24, 2.45) is 0 Å². The van der Waals surface area contributed by atoms with Crippen LogP contribution in [0.2, 0.25) is 5.02 Å². The van der Waals surface area contributed by atoms with E-state index in [-0.39, 0.29) is 18.1 Å². The number of para-hydroxylation sites is 1. The van der Waals surface area contributed by atoms with Crippen LogP contribution in [-0.2, 0) is 9.59 Å². The van der Waals surface area contributed by atoms with Crippen molar-refractivity contribution in [1.82, 2.24) is 0 Å². The number of rotatable bonds is 7. The lowest BCUT2D eigenvalue weighted by Gasteiger charge is -2.11. The molecule has 0 atom stereocenters. The van der Waals surface area contributed by atoms with Gasteiger partial charge < -0.3 is 15.4 Å². The highest BCUT2D eigenvalue weighted by atomic mass is 79.9. The van der Waals surface area contributed by atoms with Gasteiger partial charge in [-0.15, -0.1) is 0 Å². The first-order valence-electron chi connectivity index (χ1n) is 10.2. The van der Waals surface area contributed by atoms with E-state index in [0.717, 1.165) is 16.8 Å². The SMILES string of the molecule is Cc1ccc(C)c(NC(=O)COc2ccc(/C=C(\C#N)C(=O)Nc3ccccc3Cl)cc2Br)c1. The highest BCUT2D eigenvalue weighted by molar-refractivity contribution is 9.10. The number of amides is 2. The summed E-state index contributed by atoms with van der Waals surface area (Å²) in [6.07, 6.45) is 1.45. The maximum absolute atomic E-state index is 12.5. The molecular formula is C26H21BrClN3O3. The van der Waals surface area contributed by atoms with Gasteiger partial charge in [0.15, 0.2) is 6.61 Å². The second-order valence-corrected chi connectivity index (χ2v) is 8.71. The third kappa shape index (κ3) is 6.70. The fourth-order valence-corrected chi connectivity index (χ4v) is 3.69. The van der Waals surface area contributed by atoms with E-state index in [1.54, 1.807) is 42.5 Å². The second-order valence-electron chi connectivity index (χ2n) is 7.45. The van der Waals surface area contributed by atoms with E-state index in [1.807, 2.05) is 38.1 Å². The summed E-state index contributed by atoms with van der Waals surface area (Å²) < 4.78 is 6.20. The van der Waals surface area contributed by atoms with E-state index in [9.17, 15) is 14.9 Å². The largest absolute Gasteiger partial charge is 0.483 e. The lowest BCUT2D eigenvalue weighted by atomic mass is 10.1. The number of nitrogens with one attached hydrogen (secondary N) is 2. The van der Waals surface area contributed by atoms with Gasteiger partial charge in [0.1, 0.15) is 17.4 Å². The van der Waals surface area contributed by atoms with Crippen LogP contribution in [0.3, 0.4) is 0 Å². The summed E-state index contributed by atoms with van der Waals surface area (Å²) in [6, 6.07) is 19.5. The van der Waals surface area contributed by atoms with E-state index in [4.69, 9.17) is 16.3 Å². The van der Waals surface area contributed by atoms with Crippen molar-refractivity contribution in [1.29, 1.82) is 5.26 Å². The third-order valence-electron chi connectivity index (χ3n) is 4.78. The van der Waals surface area contributed by atoms with E-state index in [2.05, 4.69) is 26.6 Å². The molecule has 34 heavy (non-hydrogen) atoms. The van der Waals surface area contributed by atoms with Crippen LogP contribution in [0.25, 0.3) is 6.08 Å². The van der Waals surface area contributed by atoms with Crippen molar-refractivity contribution in [2.75, 3.05) is 17.2 Å². The minimum Gasteiger partial charge on any atom is -0.483 e. The average molecular weight is 539 g/mol. The Morgan fingerprint density at radius 2 is 1.82 bits per heavy atom. The van der Waals surface area contributed by atoms with Crippen LogP contribution in [0.1, 0.15) is 16.7 Å². The minimum absolute atomic E-state index is 0.0895. The van der Waals surface area contributed by atoms with Crippen molar-refractivity contribution >= 4 is 56.8 Å². The number of aryl methyl sites for hydroxylation is 2. The summed E-state index contributed by atoms with van der Waals surface area (Å²) in [6.45, 7) is 3.70. The molecule has 0 radical (unpaired) electrons. The number of benzene rings is 3. The Labute approximate surface area is 211 Å². The zero-order chi connectivity index (χ0) is 24.7. The van der Waals surface area contributed by atoms with Crippen LogP contribution in [0.4, 0.5) is 11.4 Å². The molecule has 6 nitrogen and oxygen atoms in total. The topological polar surface area (TPSA) is 91.2 Å². The average Bonchev–Trinajstić information content (AvgIpc) is 2.80. The molecular weight excluding hydrogens is 518 g/mol. The molecule has 0 aliphatic carbocycles. The summed E-state index contributed by atoms with van der Waals surface area (Å²) in [5, 5.41) is 15.3. The van der Waals surface area contributed by atoms with Gasteiger partial charge in [-0.3, -0.25) is 9.59 Å². The van der Waals surface area contributed by atoms with Gasteiger partial charge in [0, 0.05) is 5.69 Å². The number of nitrogens with zero attached hydrogens (tertiary/aromatic N) is 1. The molecule has 0 aliphatic rings. The molecule has 3 aromatic rings. The van der Waals surface area contributed by atoms with E-state index in [1.165, 1.54) is 6.08 Å². The fourth-order valence-electron chi connectivity index (χ4n) is 2.99. The smallest absolute Gasteiger partial charge is 0.266 e. The Morgan fingerprint density at radius 1 is 1.06 bits per heavy atom. The lowest BCUT2D eigenvalue weighted by molar-refractivity contribution is -0.118. The summed E-state index contributed by atoms with van der Waals surface area (Å²) in [7, 11) is 0. The fraction of sp³-hybridized carbons (Fsp3) is 0.115. The summed E-state index contributed by atoms with van der Waals surface area (Å²) in [5.74, 6) is -0.407. The molecule has 0 bridgehead atoms. The number of carbonyl (C=O) groups excluding carboxylic acids is 2. The number of hydrogen-bond acceptors (Lipinski definition) is 4. The molecule has 0 saturated carbocycles. The highest BCUT2D eigenvalue weighted by Crippen LogP contribution is 2.27. The van der Waals surface area contributed by atoms with Gasteiger partial charge in [-0.05, 0) is 82.9 Å². The first kappa shape index (κ1) is 25.0. The molecule has 2 amide bonds. The monoisotopic (exact) mass is 537 g/mol. The van der Waals surface area contributed by atoms with Crippen molar-refractivity contribution in [3.05, 3.63) is 92.4 Å². The molecule has 0 spiro atoms. The van der Waals surface area contributed by atoms with Crippen LogP contribution in [0, 0.1) is 25.2 Å². The van der Waals surface area contributed by atoms with Crippen LogP contribution >= 0.6 is 27.5 Å². The molecule has 0 saturated heterocycles. The molecule has 0 fully saturated rings. The van der Waals surface area contributed by atoms with Gasteiger partial charge in [0.05, 0.1) is 15.2 Å². The third-order valence-corrected chi connectivity index (χ3v) is 5.73. The molecule has 0 aromatic heterocycles. The summed E-state index contributed by atoms with van der Waals surface area (Å²) in [4.78, 5) is 24.8. The van der Waals surface area contributed by atoms with Gasteiger partial charge in [-0.2, -0.15) is 5.26 Å². The Morgan fingerprint density at radius 3 is 2.53 bits per heavy atom. The molecule has 3 rings (SSSR count). The summed E-state index contributed by atoms with van der Waals surface area (Å²) in [5.41, 5.74) is 3.68. The molecule has 0 unspecified atom stereocenters. The Hall–Kier alpha value is -3.60. The Kier molecular flexibility index (Phi) is 8.47. The lowest BCUT2D eigenvalue weighted by Crippen LogP contribution is -2.20. The normalized spacial score (nSPS) is 10.9. The summed E-state index contributed by atoms with van der Waals surface area (Å²) >= 11 is 9.47. The van der Waals surface area contributed by atoms with Gasteiger partial charge in [-0.25, -0.2) is 0 Å². The van der Waals surface area contributed by atoms with E-state index in [0.29, 0.717) is 26.5 Å². The number of halogens is 2. The van der Waals surface area contributed by atoms with Crippen molar-refractivity contribution < 1.29 is 14.3 Å². The number of carbonyl (C=O) groups is 2. The number of anilines is 2. The van der Waals surface area contributed by atoms with E-state index < -0.39 is 5.91 Å². The van der Waals surface area contributed by atoms with Crippen LogP contribution in [0.15, 0.2) is 70.7 Å². The predicted molar refractivity (Wildman–Crippen MR) is 138 cm³/mol. The zero-order valence-corrected chi connectivity index (χ0v) is 20.8. The van der Waals surface area contributed by atoms with Crippen molar-refractivity contribution in [3.63, 3.8) is 0 Å². The van der Waals surface area contributed by atoms with E-state index >= 15 is 0 Å². The number of ether oxygens (including phenoxy) is 1. The van der Waals surface area contributed by atoms with Gasteiger partial charge in [0.2, 0.25) is 0 Å². The van der Waals surface area contributed by atoms with Crippen molar-refractivity contribution in [3.8, 4) is 11.8 Å². The van der Waals surface area contributed by atoms with Crippen molar-refractivity contribution in [2.45, 2.75) is 13.8 Å². The first-order valence-corrected chi connectivity index (χ1v) is 11.4. The molecule has 172 valence electrons. The maximum atomic E-state index is 12.5. The van der Waals surface area contributed by atoms with Gasteiger partial charge in [-0.1, -0.05) is 41.9 Å². The maximum Gasteiger partial charge on any atom is 0.266 e. The highest BCUT2D eigenvalue weighted by Gasteiger charge is 2.13. The quantitative estimate of drug-likeness (QED) is 0.273. The Balaban J connectivity index is 1.65. The molecule has 8 heteroatoms. The molecule has 0 heterocycles. The Bertz CT molecular complexity index is 1310. The van der Waals surface area contributed by atoms with Crippen LogP contribution in [0.5, 0.6) is 5.75 Å². The molecule has 3 aromatic carbocycles.